The molecule has 0 heterocycles. The van der Waals surface area contributed by atoms with Crippen LogP contribution in [0.3, 0.4) is 0 Å². The molecule has 50 valence electrons. The summed E-state index contributed by atoms with van der Waals surface area (Å²) in [5.41, 5.74) is 0. The Morgan fingerprint density at radius 1 is 1.56 bits per heavy atom. The van der Waals surface area contributed by atoms with Gasteiger partial charge in [0.05, 0.1) is 0 Å². The van der Waals surface area contributed by atoms with Crippen LogP contribution in [-0.4, -0.2) is 17.2 Å². The van der Waals surface area contributed by atoms with Crippen LogP contribution in [-0.2, 0) is 9.53 Å². The number of carbonyl (C=O) groups is 2. The summed E-state index contributed by atoms with van der Waals surface area (Å²) < 4.78 is 3.68. The van der Waals surface area contributed by atoms with Crippen LogP contribution in [0.5, 0.6) is 0 Å². The molecule has 0 aromatic rings. The van der Waals surface area contributed by atoms with Crippen molar-refractivity contribution >= 4 is 12.1 Å². The zero-order valence-corrected chi connectivity index (χ0v) is 4.83. The van der Waals surface area contributed by atoms with Gasteiger partial charge in [0.25, 0.3) is 0 Å². The zero-order chi connectivity index (χ0) is 7.28. The van der Waals surface area contributed by atoms with Gasteiger partial charge in [-0.1, -0.05) is 6.08 Å². The quantitative estimate of drug-likeness (QED) is 0.323. The van der Waals surface area contributed by atoms with Gasteiger partial charge in [0.1, 0.15) is 0 Å². The second-order valence-electron chi connectivity index (χ2n) is 1.19. The maximum absolute atomic E-state index is 10.2. The van der Waals surface area contributed by atoms with Gasteiger partial charge in [-0.15, -0.1) is 0 Å². The largest absolute Gasteiger partial charge is 0.513 e. The SMILES string of the molecule is C/C=C/C(=O)OC(=O)O. The molecule has 0 rings (SSSR count). The number of ether oxygens (including phenoxy) is 1. The van der Waals surface area contributed by atoms with Crippen LogP contribution in [0.1, 0.15) is 6.92 Å². The first-order valence-electron chi connectivity index (χ1n) is 2.24. The van der Waals surface area contributed by atoms with Gasteiger partial charge in [0.15, 0.2) is 0 Å². The van der Waals surface area contributed by atoms with E-state index in [0.717, 1.165) is 6.08 Å². The third-order valence-corrected chi connectivity index (χ3v) is 0.491. The minimum absolute atomic E-state index is 0.870. The molecule has 0 spiro atoms. The molecule has 0 saturated heterocycles. The summed E-state index contributed by atoms with van der Waals surface area (Å²) in [6.07, 6.45) is 0.831. The molecule has 0 aliphatic rings. The molecule has 0 aliphatic heterocycles. The van der Waals surface area contributed by atoms with E-state index < -0.39 is 12.1 Å². The van der Waals surface area contributed by atoms with E-state index >= 15 is 0 Å². The summed E-state index contributed by atoms with van der Waals surface area (Å²) in [6.45, 7) is 1.59. The Labute approximate surface area is 51.7 Å². The summed E-state index contributed by atoms with van der Waals surface area (Å²) in [5, 5.41) is 7.83. The lowest BCUT2D eigenvalue weighted by Gasteiger charge is -1.88. The van der Waals surface area contributed by atoms with Crippen LogP contribution in [0.25, 0.3) is 0 Å². The van der Waals surface area contributed by atoms with Crippen molar-refractivity contribution in [3.05, 3.63) is 12.2 Å². The van der Waals surface area contributed by atoms with Gasteiger partial charge in [0, 0.05) is 6.08 Å². The van der Waals surface area contributed by atoms with E-state index in [4.69, 9.17) is 5.11 Å². The molecule has 0 fully saturated rings. The lowest BCUT2D eigenvalue weighted by Crippen LogP contribution is -2.06. The Balaban J connectivity index is 3.64. The first-order valence-corrected chi connectivity index (χ1v) is 2.24. The van der Waals surface area contributed by atoms with Gasteiger partial charge in [-0.25, -0.2) is 9.59 Å². The van der Waals surface area contributed by atoms with E-state index in [1.807, 2.05) is 0 Å². The van der Waals surface area contributed by atoms with Crippen molar-refractivity contribution in [1.82, 2.24) is 0 Å². The van der Waals surface area contributed by atoms with Crippen molar-refractivity contribution in [2.24, 2.45) is 0 Å². The van der Waals surface area contributed by atoms with Crippen LogP contribution in [0.2, 0.25) is 0 Å². The Kier molecular flexibility index (Phi) is 3.12. The van der Waals surface area contributed by atoms with Crippen LogP contribution in [0, 0.1) is 0 Å². The van der Waals surface area contributed by atoms with Gasteiger partial charge in [-0.3, -0.25) is 0 Å². The average molecular weight is 130 g/mol. The highest BCUT2D eigenvalue weighted by atomic mass is 16.7. The fraction of sp³-hybridized carbons (Fsp3) is 0.200. The maximum Gasteiger partial charge on any atom is 0.513 e. The molecule has 0 bridgehead atoms. The summed E-state index contributed by atoms with van der Waals surface area (Å²) in [6, 6.07) is 0. The van der Waals surface area contributed by atoms with E-state index in [2.05, 4.69) is 4.74 Å². The lowest BCUT2D eigenvalue weighted by atomic mass is 10.5. The van der Waals surface area contributed by atoms with Gasteiger partial charge < -0.3 is 9.84 Å². The molecule has 0 unspecified atom stereocenters. The zero-order valence-electron chi connectivity index (χ0n) is 4.83. The average Bonchev–Trinajstić information content (AvgIpc) is 1.63. The Morgan fingerprint density at radius 3 is 2.44 bits per heavy atom. The number of carbonyl (C=O) groups excluding carboxylic acids is 1. The Bertz CT molecular complexity index is 147. The third-order valence-electron chi connectivity index (χ3n) is 0.491. The minimum atomic E-state index is -1.59. The Hall–Kier alpha value is -1.32. The van der Waals surface area contributed by atoms with Crippen LogP contribution < -0.4 is 0 Å². The molecule has 0 aromatic heterocycles. The van der Waals surface area contributed by atoms with E-state index in [1.165, 1.54) is 6.08 Å². The molecule has 0 radical (unpaired) electrons. The minimum Gasteiger partial charge on any atom is -0.449 e. The smallest absolute Gasteiger partial charge is 0.449 e. The fourth-order valence-electron chi connectivity index (χ4n) is 0.256. The molecule has 4 nitrogen and oxygen atoms in total. The van der Waals surface area contributed by atoms with Gasteiger partial charge in [0.2, 0.25) is 0 Å². The predicted octanol–water partition coefficient (Wildman–Crippen LogP) is 0.784. The molecule has 0 saturated carbocycles. The van der Waals surface area contributed by atoms with E-state index in [9.17, 15) is 9.59 Å². The normalized spacial score (nSPS) is 9.44. The molecule has 0 aliphatic carbocycles. The van der Waals surface area contributed by atoms with Crippen molar-refractivity contribution in [3.63, 3.8) is 0 Å². The van der Waals surface area contributed by atoms with Crippen molar-refractivity contribution in [2.75, 3.05) is 0 Å². The molecule has 9 heavy (non-hydrogen) atoms. The third kappa shape index (κ3) is 4.53. The molecule has 0 amide bonds. The summed E-state index contributed by atoms with van der Waals surface area (Å²) in [4.78, 5) is 19.8. The summed E-state index contributed by atoms with van der Waals surface area (Å²) in [5.74, 6) is -0.870. The van der Waals surface area contributed by atoms with E-state index in [1.54, 1.807) is 6.92 Å². The highest BCUT2D eigenvalue weighted by Crippen LogP contribution is 1.80. The number of rotatable bonds is 1. The molecular formula is C5H6O4. The second-order valence-corrected chi connectivity index (χ2v) is 1.19. The topological polar surface area (TPSA) is 63.6 Å². The van der Waals surface area contributed by atoms with Gasteiger partial charge in [-0.2, -0.15) is 0 Å². The van der Waals surface area contributed by atoms with E-state index in [-0.39, 0.29) is 0 Å². The molecular weight excluding hydrogens is 124 g/mol. The van der Waals surface area contributed by atoms with Crippen LogP contribution in [0.4, 0.5) is 4.79 Å². The van der Waals surface area contributed by atoms with E-state index in [0.29, 0.717) is 0 Å². The number of allylic oxidation sites excluding steroid dienone is 1. The summed E-state index contributed by atoms with van der Waals surface area (Å²) >= 11 is 0. The monoisotopic (exact) mass is 130 g/mol. The maximum atomic E-state index is 10.2. The number of carboxylic acid groups (broad SMARTS) is 1. The number of esters is 1. The molecule has 4 heteroatoms. The fourth-order valence-corrected chi connectivity index (χ4v) is 0.256. The van der Waals surface area contributed by atoms with Gasteiger partial charge in [-0.05, 0) is 6.92 Å². The van der Waals surface area contributed by atoms with Crippen molar-refractivity contribution < 1.29 is 19.4 Å². The highest BCUT2D eigenvalue weighted by molar-refractivity contribution is 5.89. The number of hydrogen-bond donors (Lipinski definition) is 1. The van der Waals surface area contributed by atoms with Crippen molar-refractivity contribution in [3.8, 4) is 0 Å². The standard InChI is InChI=1S/C5H6O4/c1-2-3-4(6)9-5(7)8/h2-3H,1H3,(H,7,8)/b3-2+. The highest BCUT2D eigenvalue weighted by Gasteiger charge is 2.01. The first kappa shape index (κ1) is 7.68. The van der Waals surface area contributed by atoms with Crippen molar-refractivity contribution in [1.29, 1.82) is 0 Å². The van der Waals surface area contributed by atoms with Crippen LogP contribution >= 0.6 is 0 Å². The Morgan fingerprint density at radius 2 is 2.11 bits per heavy atom. The van der Waals surface area contributed by atoms with Crippen molar-refractivity contribution in [2.45, 2.75) is 6.92 Å². The molecule has 0 atom stereocenters. The second kappa shape index (κ2) is 3.65. The van der Waals surface area contributed by atoms with Gasteiger partial charge >= 0.3 is 12.1 Å². The number of hydrogen-bond acceptors (Lipinski definition) is 3. The van der Waals surface area contributed by atoms with Crippen LogP contribution in [0.15, 0.2) is 12.2 Å². The molecule has 1 N–H and O–H groups in total. The predicted molar refractivity (Wildman–Crippen MR) is 28.9 cm³/mol. The lowest BCUT2D eigenvalue weighted by molar-refractivity contribution is -0.133. The molecule has 0 aromatic carbocycles. The first-order chi connectivity index (χ1) is 4.16. The summed E-state index contributed by atoms with van der Waals surface area (Å²) in [7, 11) is 0.